The van der Waals surface area contributed by atoms with Crippen LogP contribution in [0.4, 0.5) is 0 Å². The average Bonchev–Trinajstić information content (AvgIpc) is 2.38. The Morgan fingerprint density at radius 2 is 2.22 bits per heavy atom. The molecule has 2 unspecified atom stereocenters. The lowest BCUT2D eigenvalue weighted by Crippen LogP contribution is -2.39. The topological polar surface area (TPSA) is 61.4 Å². The van der Waals surface area contributed by atoms with E-state index in [0.717, 1.165) is 25.9 Å². The van der Waals surface area contributed by atoms with Gasteiger partial charge in [-0.3, -0.25) is 9.59 Å². The molecule has 1 rings (SSSR count). The van der Waals surface area contributed by atoms with Gasteiger partial charge in [0, 0.05) is 27.1 Å². The van der Waals surface area contributed by atoms with Crippen molar-refractivity contribution in [1.29, 1.82) is 0 Å². The van der Waals surface area contributed by atoms with Crippen molar-refractivity contribution in [1.82, 2.24) is 15.5 Å². The molecule has 0 aliphatic carbocycles. The normalized spacial score (nSPS) is 21.2. The van der Waals surface area contributed by atoms with Gasteiger partial charge in [0.15, 0.2) is 0 Å². The summed E-state index contributed by atoms with van der Waals surface area (Å²) in [5.41, 5.74) is 0. The Balaban J connectivity index is 2.33. The number of hydrogen-bond acceptors (Lipinski definition) is 3. The Labute approximate surface area is 109 Å². The predicted octanol–water partition coefficient (Wildman–Crippen LogP) is 0.217. The molecule has 1 aliphatic rings. The molecule has 0 saturated carbocycles. The summed E-state index contributed by atoms with van der Waals surface area (Å²) in [5.74, 6) is 0.408. The number of hydrogen-bond donors (Lipinski definition) is 2. The molecule has 2 N–H and O–H groups in total. The fourth-order valence-corrected chi connectivity index (χ4v) is 2.34. The van der Waals surface area contributed by atoms with Crippen molar-refractivity contribution in [2.45, 2.75) is 26.2 Å². The third-order valence-corrected chi connectivity index (χ3v) is 3.53. The van der Waals surface area contributed by atoms with E-state index in [0.29, 0.717) is 18.9 Å². The zero-order valence-corrected chi connectivity index (χ0v) is 11.7. The van der Waals surface area contributed by atoms with Gasteiger partial charge in [0.1, 0.15) is 0 Å². The second-order valence-corrected chi connectivity index (χ2v) is 5.21. The van der Waals surface area contributed by atoms with Crippen molar-refractivity contribution >= 4 is 11.8 Å². The third kappa shape index (κ3) is 4.64. The van der Waals surface area contributed by atoms with Crippen LogP contribution in [-0.4, -0.2) is 50.4 Å². The van der Waals surface area contributed by atoms with E-state index in [2.05, 4.69) is 10.6 Å². The molecule has 104 valence electrons. The third-order valence-electron chi connectivity index (χ3n) is 3.53. The summed E-state index contributed by atoms with van der Waals surface area (Å²) in [6.45, 7) is 4.32. The highest BCUT2D eigenvalue weighted by atomic mass is 16.2. The quantitative estimate of drug-likeness (QED) is 0.738. The second-order valence-electron chi connectivity index (χ2n) is 5.21. The summed E-state index contributed by atoms with van der Waals surface area (Å²) in [6, 6.07) is 0. The summed E-state index contributed by atoms with van der Waals surface area (Å²) in [6.07, 6.45) is 2.86. The lowest BCUT2D eigenvalue weighted by Gasteiger charge is -2.26. The number of rotatable bonds is 5. The van der Waals surface area contributed by atoms with Crippen LogP contribution in [0, 0.1) is 11.8 Å². The molecule has 0 radical (unpaired) electrons. The Morgan fingerprint density at radius 1 is 1.50 bits per heavy atom. The molecule has 1 aliphatic heterocycles. The maximum absolute atomic E-state index is 12.0. The van der Waals surface area contributed by atoms with Gasteiger partial charge in [0.2, 0.25) is 11.8 Å². The van der Waals surface area contributed by atoms with Crippen LogP contribution in [-0.2, 0) is 9.59 Å². The Kier molecular flexibility index (Phi) is 6.12. The molecule has 2 atom stereocenters. The minimum absolute atomic E-state index is 0.0195. The summed E-state index contributed by atoms with van der Waals surface area (Å²) in [5, 5.41) is 5.92. The summed E-state index contributed by atoms with van der Waals surface area (Å²) in [4.78, 5) is 25.1. The molecule has 0 aromatic rings. The minimum Gasteiger partial charge on any atom is -0.359 e. The number of amides is 2. The zero-order chi connectivity index (χ0) is 13.5. The van der Waals surface area contributed by atoms with Crippen molar-refractivity contribution in [2.24, 2.45) is 11.8 Å². The monoisotopic (exact) mass is 255 g/mol. The van der Waals surface area contributed by atoms with E-state index < -0.39 is 0 Å². The lowest BCUT2D eigenvalue weighted by atomic mass is 9.95. The van der Waals surface area contributed by atoms with Crippen molar-refractivity contribution in [3.8, 4) is 0 Å². The second kappa shape index (κ2) is 7.36. The smallest absolute Gasteiger partial charge is 0.224 e. The molecular formula is C13H25N3O2. The number of nitrogens with one attached hydrogen (secondary N) is 2. The van der Waals surface area contributed by atoms with Crippen molar-refractivity contribution in [2.75, 3.05) is 33.7 Å². The van der Waals surface area contributed by atoms with Gasteiger partial charge in [0.05, 0.1) is 5.92 Å². The largest absolute Gasteiger partial charge is 0.359 e. The summed E-state index contributed by atoms with van der Waals surface area (Å²) < 4.78 is 0. The Bertz CT molecular complexity index is 288. The molecule has 1 heterocycles. The van der Waals surface area contributed by atoms with Crippen LogP contribution in [0.25, 0.3) is 0 Å². The summed E-state index contributed by atoms with van der Waals surface area (Å²) in [7, 11) is 3.40. The van der Waals surface area contributed by atoms with E-state index in [1.54, 1.807) is 19.0 Å². The average molecular weight is 255 g/mol. The van der Waals surface area contributed by atoms with Crippen LogP contribution in [0.15, 0.2) is 0 Å². The van der Waals surface area contributed by atoms with E-state index in [-0.39, 0.29) is 17.7 Å². The number of piperidine rings is 1. The van der Waals surface area contributed by atoms with E-state index >= 15 is 0 Å². The van der Waals surface area contributed by atoms with Crippen molar-refractivity contribution in [3.05, 3.63) is 0 Å². The lowest BCUT2D eigenvalue weighted by molar-refractivity contribution is -0.133. The number of nitrogens with zero attached hydrogens (tertiary/aromatic N) is 1. The number of carbonyl (C=O) groups excluding carboxylic acids is 2. The van der Waals surface area contributed by atoms with Crippen LogP contribution in [0.3, 0.4) is 0 Å². The van der Waals surface area contributed by atoms with Gasteiger partial charge < -0.3 is 15.5 Å². The van der Waals surface area contributed by atoms with Gasteiger partial charge in [-0.25, -0.2) is 0 Å². The van der Waals surface area contributed by atoms with Crippen molar-refractivity contribution in [3.63, 3.8) is 0 Å². The molecule has 0 spiro atoms. The van der Waals surface area contributed by atoms with E-state index in [1.807, 2.05) is 6.92 Å². The molecule has 5 heteroatoms. The molecule has 18 heavy (non-hydrogen) atoms. The molecule has 1 fully saturated rings. The predicted molar refractivity (Wildman–Crippen MR) is 71.1 cm³/mol. The maximum Gasteiger partial charge on any atom is 0.224 e. The molecule has 2 amide bonds. The zero-order valence-electron chi connectivity index (χ0n) is 11.7. The minimum atomic E-state index is -0.159. The van der Waals surface area contributed by atoms with Crippen LogP contribution in [0.1, 0.15) is 26.2 Å². The van der Waals surface area contributed by atoms with Gasteiger partial charge >= 0.3 is 0 Å². The Morgan fingerprint density at radius 3 is 2.78 bits per heavy atom. The van der Waals surface area contributed by atoms with Crippen LogP contribution in [0.2, 0.25) is 0 Å². The molecule has 0 aromatic heterocycles. The van der Waals surface area contributed by atoms with Gasteiger partial charge in [0.25, 0.3) is 0 Å². The van der Waals surface area contributed by atoms with Crippen molar-refractivity contribution < 1.29 is 9.59 Å². The SMILES string of the molecule is CNC(=O)C(C)CN(C)C(=O)CC1CCCNC1. The van der Waals surface area contributed by atoms with Gasteiger partial charge in [-0.2, -0.15) is 0 Å². The molecular weight excluding hydrogens is 230 g/mol. The molecule has 0 aromatic carbocycles. The fraction of sp³-hybridized carbons (Fsp3) is 0.846. The molecule has 5 nitrogen and oxygen atoms in total. The van der Waals surface area contributed by atoms with E-state index in [9.17, 15) is 9.59 Å². The standard InChI is InChI=1S/C13H25N3O2/c1-10(13(18)14-2)9-16(3)12(17)7-11-5-4-6-15-8-11/h10-11,15H,4-9H2,1-3H3,(H,14,18). The summed E-state index contributed by atoms with van der Waals surface area (Å²) >= 11 is 0. The van der Waals surface area contributed by atoms with Crippen LogP contribution >= 0.6 is 0 Å². The fourth-order valence-electron chi connectivity index (χ4n) is 2.34. The molecule has 1 saturated heterocycles. The number of carbonyl (C=O) groups is 2. The first kappa shape index (κ1) is 15.0. The first-order valence-electron chi connectivity index (χ1n) is 6.70. The van der Waals surface area contributed by atoms with E-state index in [1.165, 1.54) is 0 Å². The first-order valence-corrected chi connectivity index (χ1v) is 6.70. The Hall–Kier alpha value is -1.10. The van der Waals surface area contributed by atoms with Crippen LogP contribution in [0.5, 0.6) is 0 Å². The highest BCUT2D eigenvalue weighted by Gasteiger charge is 2.21. The van der Waals surface area contributed by atoms with Crippen LogP contribution < -0.4 is 10.6 Å². The van der Waals surface area contributed by atoms with Gasteiger partial charge in [-0.05, 0) is 31.8 Å². The maximum atomic E-state index is 12.0. The van der Waals surface area contributed by atoms with Gasteiger partial charge in [-0.1, -0.05) is 6.92 Å². The van der Waals surface area contributed by atoms with E-state index in [4.69, 9.17) is 0 Å². The van der Waals surface area contributed by atoms with Gasteiger partial charge in [-0.15, -0.1) is 0 Å². The highest BCUT2D eigenvalue weighted by Crippen LogP contribution is 2.15. The first-order chi connectivity index (χ1) is 8.54. The molecule has 0 bridgehead atoms. The highest BCUT2D eigenvalue weighted by molar-refractivity contribution is 5.80.